The largest absolute Gasteiger partial charge is 0.497 e. The van der Waals surface area contributed by atoms with Crippen molar-refractivity contribution in [2.45, 2.75) is 25.8 Å². The van der Waals surface area contributed by atoms with Gasteiger partial charge in [-0.1, -0.05) is 48.0 Å². The van der Waals surface area contributed by atoms with Gasteiger partial charge >= 0.3 is 0 Å². The van der Waals surface area contributed by atoms with Crippen LogP contribution in [0.4, 0.5) is 4.39 Å². The highest BCUT2D eigenvalue weighted by Crippen LogP contribution is 2.37. The molecule has 186 valence electrons. The van der Waals surface area contributed by atoms with Crippen LogP contribution in [-0.2, 0) is 16.1 Å². The van der Waals surface area contributed by atoms with E-state index in [0.29, 0.717) is 38.4 Å². The number of benzene rings is 3. The lowest BCUT2D eigenvalue weighted by atomic mass is 9.86. The van der Waals surface area contributed by atoms with Crippen LogP contribution in [0.2, 0.25) is 0 Å². The van der Waals surface area contributed by atoms with Crippen LogP contribution in [0.1, 0.15) is 34.6 Å². The van der Waals surface area contributed by atoms with E-state index < -0.39 is 5.92 Å². The number of carbonyl (C=O) groups is 1. The Hall–Kier alpha value is -3.64. The van der Waals surface area contributed by atoms with Gasteiger partial charge in [-0.15, -0.1) is 0 Å². The van der Waals surface area contributed by atoms with Crippen LogP contribution in [0.5, 0.6) is 5.75 Å². The summed E-state index contributed by atoms with van der Waals surface area (Å²) in [7, 11) is 1.66. The number of rotatable bonds is 7. The predicted octanol–water partition coefficient (Wildman–Crippen LogP) is 5.53. The van der Waals surface area contributed by atoms with E-state index >= 15 is 4.39 Å². The molecular weight excluding hydrogens is 455 g/mol. The van der Waals surface area contributed by atoms with Crippen LogP contribution >= 0.6 is 0 Å². The molecular formula is C30H31FN2O3. The first-order valence-corrected chi connectivity index (χ1v) is 12.4. The summed E-state index contributed by atoms with van der Waals surface area (Å²) >= 11 is 0. The number of para-hydroxylation sites is 1. The summed E-state index contributed by atoms with van der Waals surface area (Å²) in [5.41, 5.74) is 4.68. The smallest absolute Gasteiger partial charge is 0.223 e. The first-order chi connectivity index (χ1) is 17.5. The van der Waals surface area contributed by atoms with E-state index in [1.165, 1.54) is 6.07 Å². The van der Waals surface area contributed by atoms with E-state index in [1.54, 1.807) is 13.2 Å². The number of halogens is 1. The molecule has 1 fully saturated rings. The first kappa shape index (κ1) is 24.1. The van der Waals surface area contributed by atoms with Crippen molar-refractivity contribution in [1.82, 2.24) is 9.47 Å². The van der Waals surface area contributed by atoms with Crippen LogP contribution in [0.15, 0.2) is 72.9 Å². The third-order valence-corrected chi connectivity index (χ3v) is 6.98. The van der Waals surface area contributed by atoms with Gasteiger partial charge in [-0.25, -0.2) is 4.39 Å². The average Bonchev–Trinajstić information content (AvgIpc) is 3.27. The lowest BCUT2D eigenvalue weighted by Gasteiger charge is -2.29. The molecule has 0 unspecified atom stereocenters. The quantitative estimate of drug-likeness (QED) is 0.345. The van der Waals surface area contributed by atoms with Gasteiger partial charge in [-0.3, -0.25) is 4.79 Å². The minimum atomic E-state index is -0.401. The molecule has 1 saturated heterocycles. The molecule has 0 saturated carbocycles. The molecule has 4 aromatic rings. The Morgan fingerprint density at radius 2 is 1.78 bits per heavy atom. The van der Waals surface area contributed by atoms with E-state index in [9.17, 15) is 4.79 Å². The zero-order valence-corrected chi connectivity index (χ0v) is 20.7. The minimum Gasteiger partial charge on any atom is -0.497 e. The maximum atomic E-state index is 15.3. The summed E-state index contributed by atoms with van der Waals surface area (Å²) in [6.45, 7) is 4.83. The van der Waals surface area contributed by atoms with Crippen LogP contribution in [0.3, 0.4) is 0 Å². The molecule has 36 heavy (non-hydrogen) atoms. The number of methoxy groups -OCH3 is 1. The molecule has 0 radical (unpaired) electrons. The van der Waals surface area contributed by atoms with E-state index in [2.05, 4.69) is 22.9 Å². The van der Waals surface area contributed by atoms with Crippen molar-refractivity contribution in [1.29, 1.82) is 0 Å². The summed E-state index contributed by atoms with van der Waals surface area (Å²) < 4.78 is 28.2. The molecule has 0 bridgehead atoms. The average molecular weight is 487 g/mol. The van der Waals surface area contributed by atoms with Crippen molar-refractivity contribution in [2.24, 2.45) is 0 Å². The lowest BCUT2D eigenvalue weighted by Crippen LogP contribution is -2.41. The Kier molecular flexibility index (Phi) is 7.05. The molecule has 1 atom stereocenters. The number of aromatic nitrogens is 1. The van der Waals surface area contributed by atoms with E-state index in [4.69, 9.17) is 9.47 Å². The molecule has 2 heterocycles. The van der Waals surface area contributed by atoms with Gasteiger partial charge in [0.15, 0.2) is 0 Å². The van der Waals surface area contributed by atoms with Gasteiger partial charge in [0.1, 0.15) is 11.6 Å². The highest BCUT2D eigenvalue weighted by atomic mass is 19.1. The number of fused-ring (bicyclic) bond motifs is 1. The maximum Gasteiger partial charge on any atom is 0.223 e. The molecule has 0 spiro atoms. The van der Waals surface area contributed by atoms with Crippen LogP contribution in [-0.4, -0.2) is 48.8 Å². The number of morpholine rings is 1. The maximum absolute atomic E-state index is 15.3. The molecule has 0 aliphatic carbocycles. The fraction of sp³-hybridized carbons (Fsp3) is 0.300. The second kappa shape index (κ2) is 10.5. The van der Waals surface area contributed by atoms with Gasteiger partial charge in [0.2, 0.25) is 5.91 Å². The Bertz CT molecular complexity index is 1360. The monoisotopic (exact) mass is 486 g/mol. The third-order valence-electron chi connectivity index (χ3n) is 6.98. The molecule has 1 aliphatic rings. The molecule has 1 aromatic heterocycles. The molecule has 5 rings (SSSR count). The van der Waals surface area contributed by atoms with Gasteiger partial charge in [-0.05, 0) is 47.9 Å². The number of carbonyl (C=O) groups excluding carboxylic acids is 1. The lowest BCUT2D eigenvalue weighted by molar-refractivity contribution is -0.135. The van der Waals surface area contributed by atoms with Gasteiger partial charge in [-0.2, -0.15) is 0 Å². The minimum absolute atomic E-state index is 0.0243. The normalized spacial score (nSPS) is 14.7. The Labute approximate surface area is 211 Å². The Balaban J connectivity index is 1.57. The summed E-state index contributed by atoms with van der Waals surface area (Å²) in [6, 6.07) is 21.3. The molecule has 3 aromatic carbocycles. The summed E-state index contributed by atoms with van der Waals surface area (Å²) in [5.74, 6) is 0.152. The fourth-order valence-electron chi connectivity index (χ4n) is 5.05. The highest BCUT2D eigenvalue weighted by molar-refractivity contribution is 5.87. The van der Waals surface area contributed by atoms with Crippen LogP contribution in [0.25, 0.3) is 10.9 Å². The van der Waals surface area contributed by atoms with Gasteiger partial charge in [0.05, 0.1) is 20.3 Å². The van der Waals surface area contributed by atoms with E-state index in [-0.39, 0.29) is 18.1 Å². The number of amides is 1. The van der Waals surface area contributed by atoms with E-state index in [0.717, 1.165) is 33.3 Å². The SMILES string of the molecule is COc1ccc(Cn2cc([C@@H](CC(=O)N3CCOCC3)c3cc(C)ccc3F)c3ccccc32)cc1. The Morgan fingerprint density at radius 3 is 2.53 bits per heavy atom. The van der Waals surface area contributed by atoms with E-state index in [1.807, 2.05) is 54.3 Å². The zero-order valence-electron chi connectivity index (χ0n) is 20.7. The van der Waals surface area contributed by atoms with Gasteiger partial charge in [0, 0.05) is 49.1 Å². The van der Waals surface area contributed by atoms with Crippen molar-refractivity contribution in [2.75, 3.05) is 33.4 Å². The molecule has 1 aliphatic heterocycles. The first-order valence-electron chi connectivity index (χ1n) is 12.4. The van der Waals surface area contributed by atoms with Crippen molar-refractivity contribution < 1.29 is 18.7 Å². The van der Waals surface area contributed by atoms with Crippen molar-refractivity contribution >= 4 is 16.8 Å². The number of ether oxygens (including phenoxy) is 2. The predicted molar refractivity (Wildman–Crippen MR) is 139 cm³/mol. The molecule has 0 N–H and O–H groups in total. The Morgan fingerprint density at radius 1 is 1.03 bits per heavy atom. The third kappa shape index (κ3) is 5.00. The molecule has 6 heteroatoms. The molecule has 5 nitrogen and oxygen atoms in total. The topological polar surface area (TPSA) is 43.7 Å². The van der Waals surface area contributed by atoms with Crippen molar-refractivity contribution in [3.63, 3.8) is 0 Å². The highest BCUT2D eigenvalue weighted by Gasteiger charge is 2.28. The van der Waals surface area contributed by atoms with Gasteiger partial charge in [0.25, 0.3) is 0 Å². The van der Waals surface area contributed by atoms with Crippen LogP contribution in [0, 0.1) is 12.7 Å². The second-order valence-electron chi connectivity index (χ2n) is 9.35. The zero-order chi connectivity index (χ0) is 25.1. The van der Waals surface area contributed by atoms with Crippen LogP contribution < -0.4 is 4.74 Å². The fourth-order valence-corrected chi connectivity index (χ4v) is 5.05. The second-order valence-corrected chi connectivity index (χ2v) is 9.35. The van der Waals surface area contributed by atoms with Crippen molar-refractivity contribution in [3.8, 4) is 5.75 Å². The standard InChI is InChI=1S/C30H31FN2O3/c1-21-7-12-28(31)26(17-21)25(18-30(34)32-13-15-36-16-14-32)27-20-33(29-6-4-3-5-24(27)29)19-22-8-10-23(35-2)11-9-22/h3-12,17,20,25H,13-16,18-19H2,1-2H3/t25-/m0/s1. The number of nitrogens with zero attached hydrogens (tertiary/aromatic N) is 2. The number of aryl methyl sites for hydroxylation is 1. The summed E-state index contributed by atoms with van der Waals surface area (Å²) in [5, 5.41) is 1.03. The summed E-state index contributed by atoms with van der Waals surface area (Å²) in [4.78, 5) is 15.2. The van der Waals surface area contributed by atoms with Crippen molar-refractivity contribution in [3.05, 3.63) is 101 Å². The van der Waals surface area contributed by atoms with Gasteiger partial charge < -0.3 is 18.9 Å². The number of hydrogen-bond acceptors (Lipinski definition) is 3. The summed E-state index contributed by atoms with van der Waals surface area (Å²) in [6.07, 6.45) is 2.30. The molecule has 1 amide bonds. The number of hydrogen-bond donors (Lipinski definition) is 0.